The summed E-state index contributed by atoms with van der Waals surface area (Å²) in [5, 5.41) is 2.30. The van der Waals surface area contributed by atoms with Gasteiger partial charge in [0.05, 0.1) is 25.0 Å². The average Bonchev–Trinajstić information content (AvgIpc) is 2.75. The van der Waals surface area contributed by atoms with Crippen LogP contribution in [-0.4, -0.2) is 47.2 Å². The van der Waals surface area contributed by atoms with Crippen molar-refractivity contribution in [3.63, 3.8) is 0 Å². The Morgan fingerprint density at radius 1 is 1.25 bits per heavy atom. The van der Waals surface area contributed by atoms with Gasteiger partial charge in [-0.1, -0.05) is 19.1 Å². The van der Waals surface area contributed by atoms with E-state index in [2.05, 4.69) is 10.3 Å². The molecule has 0 radical (unpaired) electrons. The number of ether oxygens (including phenoxy) is 1. The molecule has 8 nitrogen and oxygen atoms in total. The summed E-state index contributed by atoms with van der Waals surface area (Å²) in [6, 6.07) is 4.86. The number of amides is 3. The lowest BCUT2D eigenvalue weighted by atomic mass is 9.86. The zero-order valence-corrected chi connectivity index (χ0v) is 17.3. The lowest BCUT2D eigenvalue weighted by molar-refractivity contribution is -0.159. The number of rotatable bonds is 4. The fourth-order valence-electron chi connectivity index (χ4n) is 3.51. The number of carbonyl (C=O) groups is 3. The molecule has 0 bridgehead atoms. The van der Waals surface area contributed by atoms with Crippen molar-refractivity contribution in [1.29, 1.82) is 0 Å². The van der Waals surface area contributed by atoms with Gasteiger partial charge in [0.1, 0.15) is 11.4 Å². The van der Waals surface area contributed by atoms with E-state index in [1.54, 1.807) is 0 Å². The Balaban J connectivity index is 1.86. The van der Waals surface area contributed by atoms with E-state index in [1.165, 1.54) is 32.2 Å². The van der Waals surface area contributed by atoms with Gasteiger partial charge in [0, 0.05) is 18.9 Å². The molecule has 170 valence electrons. The molecule has 11 heteroatoms. The first-order valence-electron chi connectivity index (χ1n) is 9.62. The number of nitrogens with two attached hydrogens (primary N) is 1. The summed E-state index contributed by atoms with van der Waals surface area (Å²) in [5.41, 5.74) is 5.41. The largest absolute Gasteiger partial charge is 0.480 e. The molecule has 1 aliphatic heterocycles. The first kappa shape index (κ1) is 23.0. The monoisotopic (exact) mass is 450 g/mol. The van der Waals surface area contributed by atoms with E-state index in [0.717, 1.165) is 23.2 Å². The van der Waals surface area contributed by atoms with Crippen LogP contribution < -0.4 is 15.8 Å². The van der Waals surface area contributed by atoms with E-state index < -0.39 is 47.8 Å². The number of aromatic nitrogens is 1. The fourth-order valence-corrected chi connectivity index (χ4v) is 3.51. The number of nitrogens with zero attached hydrogens (tertiary/aromatic N) is 2. The topological polar surface area (TPSA) is 115 Å². The number of likely N-dealkylation sites (tertiary alicyclic amines) is 1. The molecule has 0 spiro atoms. The summed E-state index contributed by atoms with van der Waals surface area (Å²) in [4.78, 5) is 42.0. The smallest absolute Gasteiger partial charge is 0.313 e. The number of piperidine rings is 1. The molecule has 0 unspecified atom stereocenters. The highest BCUT2D eigenvalue weighted by Crippen LogP contribution is 2.43. The number of methoxy groups -OCH3 is 1. The van der Waals surface area contributed by atoms with Crippen LogP contribution in [0.4, 0.5) is 18.9 Å². The number of nitrogens with one attached hydrogen (secondary N) is 1. The molecule has 32 heavy (non-hydrogen) atoms. The lowest BCUT2D eigenvalue weighted by Crippen LogP contribution is -2.52. The van der Waals surface area contributed by atoms with Crippen LogP contribution in [0.1, 0.15) is 35.3 Å². The van der Waals surface area contributed by atoms with Crippen LogP contribution in [0.15, 0.2) is 36.5 Å². The van der Waals surface area contributed by atoms with Crippen LogP contribution in [0.5, 0.6) is 5.88 Å². The van der Waals surface area contributed by atoms with E-state index in [4.69, 9.17) is 10.5 Å². The van der Waals surface area contributed by atoms with Crippen molar-refractivity contribution in [2.45, 2.75) is 25.3 Å². The predicted octanol–water partition coefficient (Wildman–Crippen LogP) is 2.51. The summed E-state index contributed by atoms with van der Waals surface area (Å²) >= 11 is 0. The molecule has 3 amide bonds. The molecule has 1 fully saturated rings. The molecule has 3 N–H and O–H groups in total. The van der Waals surface area contributed by atoms with Crippen molar-refractivity contribution in [3.8, 4) is 5.88 Å². The van der Waals surface area contributed by atoms with E-state index in [9.17, 15) is 27.6 Å². The van der Waals surface area contributed by atoms with Gasteiger partial charge in [-0.15, -0.1) is 0 Å². The second-order valence-electron chi connectivity index (χ2n) is 7.49. The zero-order chi connectivity index (χ0) is 23.6. The highest BCUT2D eigenvalue weighted by atomic mass is 19.3. The van der Waals surface area contributed by atoms with Crippen molar-refractivity contribution in [1.82, 2.24) is 9.88 Å². The van der Waals surface area contributed by atoms with Gasteiger partial charge < -0.3 is 20.7 Å². The number of benzene rings is 1. The van der Waals surface area contributed by atoms with Gasteiger partial charge in [-0.05, 0) is 23.8 Å². The molecule has 0 aliphatic carbocycles. The summed E-state index contributed by atoms with van der Waals surface area (Å²) in [5.74, 6) is -7.93. The highest BCUT2D eigenvalue weighted by Gasteiger charge is 2.48. The third-order valence-electron chi connectivity index (χ3n) is 5.31. The highest BCUT2D eigenvalue weighted by molar-refractivity contribution is 6.39. The van der Waals surface area contributed by atoms with Crippen molar-refractivity contribution >= 4 is 23.4 Å². The van der Waals surface area contributed by atoms with Crippen molar-refractivity contribution in [2.75, 3.05) is 19.0 Å². The molecule has 1 aliphatic rings. The number of hydrogen-bond acceptors (Lipinski definition) is 5. The minimum Gasteiger partial charge on any atom is -0.480 e. The van der Waals surface area contributed by atoms with Crippen LogP contribution in [0, 0.1) is 11.7 Å². The Bertz CT molecular complexity index is 1050. The molecule has 1 aromatic heterocycles. The summed E-state index contributed by atoms with van der Waals surface area (Å²) in [6.45, 7) is 0.903. The molecule has 3 rings (SSSR count). The Kier molecular flexibility index (Phi) is 6.37. The average molecular weight is 450 g/mol. The van der Waals surface area contributed by atoms with Crippen LogP contribution in [-0.2, 0) is 9.59 Å². The van der Waals surface area contributed by atoms with Crippen molar-refractivity contribution in [2.24, 2.45) is 11.7 Å². The third kappa shape index (κ3) is 4.66. The minimum atomic E-state index is -3.08. The summed E-state index contributed by atoms with van der Waals surface area (Å²) in [6.07, 6.45) is 0.440. The standard InChI is InChI=1S/C21H21F3N4O4/c1-11-10-28(16(8-21(11,23)24)12-3-5-13(22)6-4-12)20(31)18(30)27-14-7-15(17(25)29)19(32-2)26-9-14/h3-7,9,11,16H,8,10H2,1-2H3,(H2,25,29)(H,27,30)/t11-,16-/m0/s1. The molecule has 0 saturated carbocycles. The van der Waals surface area contributed by atoms with E-state index in [1.807, 2.05) is 0 Å². The number of pyridine rings is 1. The maximum atomic E-state index is 14.4. The van der Waals surface area contributed by atoms with E-state index in [0.29, 0.717) is 0 Å². The Morgan fingerprint density at radius 2 is 1.91 bits per heavy atom. The lowest BCUT2D eigenvalue weighted by Gasteiger charge is -2.42. The normalized spacial score (nSPS) is 19.8. The van der Waals surface area contributed by atoms with E-state index >= 15 is 0 Å². The number of carbonyl (C=O) groups excluding carboxylic acids is 3. The van der Waals surface area contributed by atoms with Crippen LogP contribution in [0.3, 0.4) is 0 Å². The number of alkyl halides is 2. The Morgan fingerprint density at radius 3 is 2.50 bits per heavy atom. The number of primary amides is 1. The van der Waals surface area contributed by atoms with Gasteiger partial charge in [0.2, 0.25) is 5.88 Å². The quantitative estimate of drug-likeness (QED) is 0.695. The van der Waals surface area contributed by atoms with Gasteiger partial charge in [0.25, 0.3) is 11.8 Å². The first-order valence-corrected chi connectivity index (χ1v) is 9.62. The fraction of sp³-hybridized carbons (Fsp3) is 0.333. The number of hydrogen-bond donors (Lipinski definition) is 2. The second-order valence-corrected chi connectivity index (χ2v) is 7.49. The number of halogens is 3. The number of anilines is 1. The second kappa shape index (κ2) is 8.85. The Labute approximate surface area is 181 Å². The van der Waals surface area contributed by atoms with Crippen molar-refractivity contribution < 1.29 is 32.3 Å². The molecule has 1 aromatic carbocycles. The summed E-state index contributed by atoms with van der Waals surface area (Å²) in [7, 11) is 1.28. The van der Waals surface area contributed by atoms with Gasteiger partial charge in [0.15, 0.2) is 0 Å². The molecule has 2 heterocycles. The Hall–Kier alpha value is -3.63. The van der Waals surface area contributed by atoms with Gasteiger partial charge >= 0.3 is 11.8 Å². The molecular weight excluding hydrogens is 429 g/mol. The predicted molar refractivity (Wildman–Crippen MR) is 108 cm³/mol. The maximum Gasteiger partial charge on any atom is 0.313 e. The molecule has 1 saturated heterocycles. The SMILES string of the molecule is COc1ncc(NC(=O)C(=O)N2C[C@H](C)C(F)(F)C[C@H]2c2ccc(F)cc2)cc1C(N)=O. The van der Waals surface area contributed by atoms with Gasteiger partial charge in [-0.25, -0.2) is 18.2 Å². The van der Waals surface area contributed by atoms with Gasteiger partial charge in [-0.2, -0.15) is 0 Å². The maximum absolute atomic E-state index is 14.4. The van der Waals surface area contributed by atoms with Crippen LogP contribution in [0.25, 0.3) is 0 Å². The van der Waals surface area contributed by atoms with Crippen LogP contribution in [0.2, 0.25) is 0 Å². The molecule has 2 atom stereocenters. The zero-order valence-electron chi connectivity index (χ0n) is 17.3. The van der Waals surface area contributed by atoms with Gasteiger partial charge in [-0.3, -0.25) is 14.4 Å². The first-order chi connectivity index (χ1) is 15.0. The molecular formula is C21H21F3N4O4. The molecule has 2 aromatic rings. The summed E-state index contributed by atoms with van der Waals surface area (Å²) < 4.78 is 47.0. The van der Waals surface area contributed by atoms with Crippen LogP contribution >= 0.6 is 0 Å². The van der Waals surface area contributed by atoms with Crippen molar-refractivity contribution in [3.05, 3.63) is 53.5 Å². The van der Waals surface area contributed by atoms with E-state index in [-0.39, 0.29) is 29.2 Å². The third-order valence-corrected chi connectivity index (χ3v) is 5.31. The minimum absolute atomic E-state index is 0.00771.